The predicted octanol–water partition coefficient (Wildman–Crippen LogP) is 4.99. The van der Waals surface area contributed by atoms with E-state index in [-0.39, 0.29) is 30.6 Å². The highest BCUT2D eigenvalue weighted by Crippen LogP contribution is 2.37. The van der Waals surface area contributed by atoms with Gasteiger partial charge in [0, 0.05) is 24.8 Å². The Morgan fingerprint density at radius 3 is 2.62 bits per heavy atom. The number of benzene rings is 2. The second-order valence-corrected chi connectivity index (χ2v) is 8.30. The summed E-state index contributed by atoms with van der Waals surface area (Å²) in [5.74, 6) is -0.0522. The lowest BCUT2D eigenvalue weighted by Crippen LogP contribution is -2.40. The highest BCUT2D eigenvalue weighted by Gasteiger charge is 2.33. The largest absolute Gasteiger partial charge is 0.365 e. The summed E-state index contributed by atoms with van der Waals surface area (Å²) in [6, 6.07) is 15.3. The number of halogens is 3. The van der Waals surface area contributed by atoms with Crippen LogP contribution in [0.25, 0.3) is 11.0 Å². The van der Waals surface area contributed by atoms with Gasteiger partial charge in [0.1, 0.15) is 29.7 Å². The second-order valence-electron chi connectivity index (χ2n) is 8.30. The van der Waals surface area contributed by atoms with Gasteiger partial charge in [-0.3, -0.25) is 4.79 Å². The summed E-state index contributed by atoms with van der Waals surface area (Å²) in [4.78, 5) is 23.6. The van der Waals surface area contributed by atoms with Crippen LogP contribution in [0.3, 0.4) is 0 Å². The Kier molecular flexibility index (Phi) is 5.47. The topological polar surface area (TPSA) is 63.1 Å². The first-order chi connectivity index (χ1) is 16.3. The highest BCUT2D eigenvalue weighted by molar-refractivity contribution is 5.91. The number of nitrogens with zero attached hydrogens (tertiary/aromatic N) is 4. The third kappa shape index (κ3) is 3.67. The Hall–Kier alpha value is -3.88. The van der Waals surface area contributed by atoms with Gasteiger partial charge in [0.25, 0.3) is 6.43 Å². The number of likely N-dealkylation sites (N-methyl/N-ethyl adjacent to an activating group) is 1. The van der Waals surface area contributed by atoms with Crippen LogP contribution in [0.15, 0.2) is 54.6 Å². The molecule has 174 valence electrons. The molecule has 0 fully saturated rings. The van der Waals surface area contributed by atoms with E-state index in [1.54, 1.807) is 18.9 Å². The van der Waals surface area contributed by atoms with Gasteiger partial charge in [0.15, 0.2) is 0 Å². The molecule has 2 aromatic carbocycles. The van der Waals surface area contributed by atoms with Crippen LogP contribution in [0.5, 0.6) is 0 Å². The first kappa shape index (κ1) is 21.9. The van der Waals surface area contributed by atoms with Crippen molar-refractivity contribution in [2.24, 2.45) is 0 Å². The van der Waals surface area contributed by atoms with E-state index in [1.165, 1.54) is 12.1 Å². The van der Waals surface area contributed by atoms with E-state index in [1.807, 2.05) is 41.0 Å². The molecule has 9 heteroatoms. The summed E-state index contributed by atoms with van der Waals surface area (Å²) in [5, 5.41) is 3.77. The van der Waals surface area contributed by atoms with E-state index in [0.717, 1.165) is 17.3 Å². The van der Waals surface area contributed by atoms with Gasteiger partial charge in [0.05, 0.1) is 17.0 Å². The molecule has 1 N–H and O–H groups in total. The molecule has 1 unspecified atom stereocenters. The molecule has 2 aromatic heterocycles. The van der Waals surface area contributed by atoms with Crippen LogP contribution >= 0.6 is 0 Å². The molecule has 0 saturated heterocycles. The molecule has 1 amide bonds. The van der Waals surface area contributed by atoms with Crippen LogP contribution in [0, 0.1) is 12.7 Å². The van der Waals surface area contributed by atoms with Gasteiger partial charge in [-0.15, -0.1) is 0 Å². The normalized spacial score (nSPS) is 15.8. The lowest BCUT2D eigenvalue weighted by atomic mass is 10.0. The van der Waals surface area contributed by atoms with Crippen molar-refractivity contribution in [1.29, 1.82) is 0 Å². The molecular weight excluding hydrogens is 443 g/mol. The monoisotopic (exact) mass is 465 g/mol. The van der Waals surface area contributed by atoms with Gasteiger partial charge in [-0.25, -0.2) is 23.1 Å². The Morgan fingerprint density at radius 2 is 1.88 bits per heavy atom. The molecule has 0 bridgehead atoms. The smallest absolute Gasteiger partial charge is 0.266 e. The summed E-state index contributed by atoms with van der Waals surface area (Å²) >= 11 is 0. The van der Waals surface area contributed by atoms with E-state index >= 15 is 0 Å². The molecular formula is C25H22F3N5O. The van der Waals surface area contributed by atoms with E-state index in [9.17, 15) is 18.0 Å². The zero-order valence-corrected chi connectivity index (χ0v) is 18.6. The summed E-state index contributed by atoms with van der Waals surface area (Å²) < 4.78 is 42.6. The Balaban J connectivity index is 1.58. The highest BCUT2D eigenvalue weighted by atomic mass is 19.3. The van der Waals surface area contributed by atoms with E-state index in [2.05, 4.69) is 15.3 Å². The van der Waals surface area contributed by atoms with Crippen molar-refractivity contribution in [3.05, 3.63) is 88.6 Å². The van der Waals surface area contributed by atoms with Gasteiger partial charge >= 0.3 is 0 Å². The molecule has 1 atom stereocenters. The number of aromatic nitrogens is 3. The van der Waals surface area contributed by atoms with Gasteiger partial charge in [0.2, 0.25) is 5.91 Å². The summed E-state index contributed by atoms with van der Waals surface area (Å²) in [5.41, 5.74) is 1.93. The first-order valence-electron chi connectivity index (χ1n) is 10.8. The fourth-order valence-electron chi connectivity index (χ4n) is 4.48. The quantitative estimate of drug-likeness (QED) is 0.451. The SMILES string of the molecule is Cc1nc(NCc2cccc(C(F)F)c2F)c2cc3n(c2n1)CC(=O)N(C)C3c1ccccc1. The Morgan fingerprint density at radius 1 is 1.12 bits per heavy atom. The van der Waals surface area contributed by atoms with Crippen molar-refractivity contribution in [2.75, 3.05) is 12.4 Å². The molecule has 1 aliphatic heterocycles. The van der Waals surface area contributed by atoms with Crippen LogP contribution in [0.2, 0.25) is 0 Å². The number of hydrogen-bond acceptors (Lipinski definition) is 4. The third-order valence-electron chi connectivity index (χ3n) is 6.16. The van der Waals surface area contributed by atoms with Crippen molar-refractivity contribution < 1.29 is 18.0 Å². The number of alkyl halides is 2. The standard InChI is InChI=1S/C25H22F3N5O/c1-14-30-24(29-12-16-9-6-10-17(21(16)26)23(27)28)18-11-19-22(15-7-4-3-5-8-15)32(2)20(34)13-33(19)25(18)31-14/h3-11,22-23H,12-13H2,1-2H3,(H,29,30,31). The summed E-state index contributed by atoms with van der Waals surface area (Å²) in [6.07, 6.45) is -2.89. The number of carbonyl (C=O) groups is 1. The number of rotatable bonds is 5. The molecule has 1 aliphatic rings. The molecule has 3 heterocycles. The van der Waals surface area contributed by atoms with Gasteiger partial charge in [-0.2, -0.15) is 0 Å². The maximum atomic E-state index is 14.5. The first-order valence-corrected chi connectivity index (χ1v) is 10.8. The Labute approximate surface area is 194 Å². The van der Waals surface area contributed by atoms with Crippen molar-refractivity contribution >= 4 is 22.8 Å². The van der Waals surface area contributed by atoms with Crippen LogP contribution in [0.4, 0.5) is 19.0 Å². The number of anilines is 1. The van der Waals surface area contributed by atoms with Crippen molar-refractivity contribution in [1.82, 2.24) is 19.4 Å². The fraction of sp³-hybridized carbons (Fsp3) is 0.240. The van der Waals surface area contributed by atoms with Gasteiger partial charge < -0.3 is 14.8 Å². The van der Waals surface area contributed by atoms with E-state index in [4.69, 9.17) is 0 Å². The lowest BCUT2D eigenvalue weighted by Gasteiger charge is -2.34. The molecule has 0 aliphatic carbocycles. The molecule has 6 nitrogen and oxygen atoms in total. The van der Waals surface area contributed by atoms with Crippen LogP contribution in [0.1, 0.15) is 40.7 Å². The lowest BCUT2D eigenvalue weighted by molar-refractivity contribution is -0.133. The van der Waals surface area contributed by atoms with Crippen molar-refractivity contribution in [3.8, 4) is 0 Å². The van der Waals surface area contributed by atoms with Crippen LogP contribution in [-0.2, 0) is 17.9 Å². The molecule has 4 aromatic rings. The van der Waals surface area contributed by atoms with Gasteiger partial charge in [-0.1, -0.05) is 48.5 Å². The minimum Gasteiger partial charge on any atom is -0.365 e. The molecule has 0 spiro atoms. The molecule has 0 saturated carbocycles. The molecule has 0 radical (unpaired) electrons. The zero-order valence-electron chi connectivity index (χ0n) is 18.6. The van der Waals surface area contributed by atoms with E-state index < -0.39 is 17.8 Å². The Bertz CT molecular complexity index is 1390. The number of carbonyl (C=O) groups excluding carboxylic acids is 1. The van der Waals surface area contributed by atoms with E-state index in [0.29, 0.717) is 22.7 Å². The fourth-order valence-corrected chi connectivity index (χ4v) is 4.48. The average Bonchev–Trinajstić information content (AvgIpc) is 3.17. The number of hydrogen-bond donors (Lipinski definition) is 1. The minimum absolute atomic E-state index is 0.0284. The van der Waals surface area contributed by atoms with Crippen LogP contribution in [-0.4, -0.2) is 32.4 Å². The number of aryl methyl sites for hydroxylation is 1. The van der Waals surface area contributed by atoms with Crippen molar-refractivity contribution in [3.63, 3.8) is 0 Å². The summed E-state index contributed by atoms with van der Waals surface area (Å²) in [6.45, 7) is 1.84. The maximum Gasteiger partial charge on any atom is 0.266 e. The minimum atomic E-state index is -2.89. The zero-order chi connectivity index (χ0) is 24.0. The average molecular weight is 465 g/mol. The molecule has 5 rings (SSSR count). The number of amides is 1. The maximum absolute atomic E-state index is 14.5. The second kappa shape index (κ2) is 8.48. The summed E-state index contributed by atoms with van der Waals surface area (Å²) in [7, 11) is 1.77. The van der Waals surface area contributed by atoms with Gasteiger partial charge in [-0.05, 0) is 18.6 Å². The molecule has 34 heavy (non-hydrogen) atoms. The predicted molar refractivity (Wildman–Crippen MR) is 122 cm³/mol. The van der Waals surface area contributed by atoms with Crippen molar-refractivity contribution in [2.45, 2.75) is 32.5 Å². The van der Waals surface area contributed by atoms with Crippen LogP contribution < -0.4 is 5.32 Å². The number of nitrogens with one attached hydrogen (secondary N) is 1. The number of fused-ring (bicyclic) bond motifs is 3. The third-order valence-corrected chi connectivity index (χ3v) is 6.16.